The predicted molar refractivity (Wildman–Crippen MR) is 151 cm³/mol. The number of para-hydroxylation sites is 1. The molecule has 1 aromatic heterocycles. The Morgan fingerprint density at radius 1 is 0.973 bits per heavy atom. The van der Waals surface area contributed by atoms with E-state index >= 15 is 0 Å². The smallest absolute Gasteiger partial charge is 0.322 e. The number of aromatic nitrogens is 2. The lowest BCUT2D eigenvalue weighted by Gasteiger charge is -2.38. The van der Waals surface area contributed by atoms with E-state index in [-0.39, 0.29) is 12.1 Å². The monoisotopic (exact) mass is 519 g/mol. The molecule has 8 nitrogen and oxygen atoms in total. The molecule has 1 saturated heterocycles. The van der Waals surface area contributed by atoms with Crippen molar-refractivity contribution >= 4 is 40.8 Å². The number of carbonyl (C=O) groups is 1. The molecule has 1 N–H and O–H groups in total. The Hall–Kier alpha value is -3.52. The van der Waals surface area contributed by atoms with Crippen LogP contribution in [0.1, 0.15) is 25.1 Å². The topological polar surface area (TPSA) is 67.8 Å². The van der Waals surface area contributed by atoms with Gasteiger partial charge in [-0.05, 0) is 44.2 Å². The summed E-state index contributed by atoms with van der Waals surface area (Å²) < 4.78 is 0. The van der Waals surface area contributed by atoms with Crippen LogP contribution < -0.4 is 20.0 Å². The molecule has 5 rings (SSSR count). The molecule has 0 radical (unpaired) electrons. The molecule has 0 atom stereocenters. The van der Waals surface area contributed by atoms with Crippen LogP contribution in [0, 0.1) is 0 Å². The van der Waals surface area contributed by atoms with Crippen molar-refractivity contribution < 1.29 is 4.79 Å². The molecule has 3 aromatic rings. The molecule has 0 unspecified atom stereocenters. The molecule has 0 saturated carbocycles. The number of amides is 2. The number of nitrogens with zero attached hydrogens (tertiary/aromatic N) is 6. The van der Waals surface area contributed by atoms with Crippen molar-refractivity contribution in [3.05, 3.63) is 70.9 Å². The fraction of sp³-hybridized carbons (Fsp3) is 0.393. The fourth-order valence-corrected chi connectivity index (χ4v) is 5.00. The molecule has 2 aromatic carbocycles. The van der Waals surface area contributed by atoms with Crippen molar-refractivity contribution in [3.63, 3.8) is 0 Å². The van der Waals surface area contributed by atoms with Crippen molar-refractivity contribution in [2.75, 3.05) is 59.8 Å². The van der Waals surface area contributed by atoms with E-state index in [1.54, 1.807) is 12.1 Å². The number of hydrogen-bond donors (Lipinski definition) is 1. The molecule has 0 bridgehead atoms. The van der Waals surface area contributed by atoms with Crippen LogP contribution >= 0.6 is 11.6 Å². The minimum atomic E-state index is -0.146. The lowest BCUT2D eigenvalue weighted by molar-refractivity contribution is 0.206. The van der Waals surface area contributed by atoms with Crippen LogP contribution in [0.2, 0.25) is 5.02 Å². The van der Waals surface area contributed by atoms with Crippen molar-refractivity contribution in [1.29, 1.82) is 0 Å². The van der Waals surface area contributed by atoms with Gasteiger partial charge in [-0.2, -0.15) is 4.98 Å². The van der Waals surface area contributed by atoms with Gasteiger partial charge in [0, 0.05) is 74.2 Å². The maximum atomic E-state index is 13.1. The van der Waals surface area contributed by atoms with E-state index in [0.717, 1.165) is 49.2 Å². The summed E-state index contributed by atoms with van der Waals surface area (Å²) in [7, 11) is 2.06. The second kappa shape index (κ2) is 10.8. The Labute approximate surface area is 223 Å². The van der Waals surface area contributed by atoms with Crippen molar-refractivity contribution in [2.24, 2.45) is 0 Å². The Kier molecular flexibility index (Phi) is 7.37. The zero-order valence-corrected chi connectivity index (χ0v) is 22.4. The summed E-state index contributed by atoms with van der Waals surface area (Å²) in [5.74, 6) is 1.69. The van der Waals surface area contributed by atoms with Gasteiger partial charge >= 0.3 is 6.03 Å². The third kappa shape index (κ3) is 5.59. The molecular weight excluding hydrogens is 486 g/mol. The van der Waals surface area contributed by atoms with E-state index in [9.17, 15) is 4.79 Å². The van der Waals surface area contributed by atoms with Crippen molar-refractivity contribution in [1.82, 2.24) is 14.9 Å². The number of anilines is 4. The molecule has 3 heterocycles. The maximum absolute atomic E-state index is 13.1. The summed E-state index contributed by atoms with van der Waals surface area (Å²) in [4.78, 5) is 31.9. The van der Waals surface area contributed by atoms with Crippen LogP contribution in [-0.2, 0) is 13.0 Å². The summed E-state index contributed by atoms with van der Waals surface area (Å²) >= 11 is 6.09. The van der Waals surface area contributed by atoms with Crippen LogP contribution in [0.15, 0.2) is 54.6 Å². The van der Waals surface area contributed by atoms with Gasteiger partial charge in [-0.15, -0.1) is 0 Å². The number of benzene rings is 2. The number of rotatable bonds is 5. The van der Waals surface area contributed by atoms with Gasteiger partial charge in [0.15, 0.2) is 0 Å². The first-order valence-electron chi connectivity index (χ1n) is 12.9. The number of nitrogens with one attached hydrogen (secondary N) is 1. The van der Waals surface area contributed by atoms with E-state index < -0.39 is 0 Å². The Bertz CT molecular complexity index is 1240. The Morgan fingerprint density at radius 2 is 1.70 bits per heavy atom. The third-order valence-corrected chi connectivity index (χ3v) is 7.42. The van der Waals surface area contributed by atoms with E-state index in [1.165, 1.54) is 5.69 Å². The lowest BCUT2D eigenvalue weighted by atomic mass is 10.1. The highest BCUT2D eigenvalue weighted by molar-refractivity contribution is 6.30. The number of urea groups is 1. The summed E-state index contributed by atoms with van der Waals surface area (Å²) in [5, 5.41) is 3.56. The molecule has 9 heteroatoms. The van der Waals surface area contributed by atoms with Crippen LogP contribution in [0.5, 0.6) is 0 Å². The van der Waals surface area contributed by atoms with Crippen molar-refractivity contribution in [2.45, 2.75) is 32.9 Å². The van der Waals surface area contributed by atoms with Gasteiger partial charge in [-0.3, -0.25) is 0 Å². The Balaban J connectivity index is 1.35. The van der Waals surface area contributed by atoms with Gasteiger partial charge in [0.1, 0.15) is 5.82 Å². The van der Waals surface area contributed by atoms with E-state index in [0.29, 0.717) is 30.2 Å². The zero-order chi connectivity index (χ0) is 25.9. The van der Waals surface area contributed by atoms with Crippen molar-refractivity contribution in [3.8, 4) is 0 Å². The number of carbonyl (C=O) groups excluding carboxylic acids is 1. The van der Waals surface area contributed by atoms with Crippen LogP contribution in [0.3, 0.4) is 0 Å². The number of piperazine rings is 1. The second-order valence-corrected chi connectivity index (χ2v) is 10.3. The Morgan fingerprint density at radius 3 is 2.41 bits per heavy atom. The summed E-state index contributed by atoms with van der Waals surface area (Å²) in [5.41, 5.74) is 3.99. The van der Waals surface area contributed by atoms with Crippen LogP contribution in [0.4, 0.5) is 27.9 Å². The second-order valence-electron chi connectivity index (χ2n) is 9.90. The van der Waals surface area contributed by atoms with E-state index in [1.807, 2.05) is 17.0 Å². The van der Waals surface area contributed by atoms with Gasteiger partial charge in [0.05, 0.1) is 12.2 Å². The molecule has 1 fully saturated rings. The standard InChI is InChI=1S/C28H34ClN7O/c1-20(2)33(3)26-24-19-36(28(37)30-22-9-7-8-21(29)18-22)13-12-25(24)31-27(32-26)35-16-14-34(15-17-35)23-10-5-4-6-11-23/h4-11,18,20H,12-17,19H2,1-3H3,(H,30,37). The maximum Gasteiger partial charge on any atom is 0.322 e. The number of hydrogen-bond acceptors (Lipinski definition) is 6. The highest BCUT2D eigenvalue weighted by atomic mass is 35.5. The SMILES string of the molecule is CC(C)N(C)c1nc(N2CCN(c3ccccc3)CC2)nc2c1CN(C(=O)Nc1cccc(Cl)c1)CC2. The average molecular weight is 520 g/mol. The lowest BCUT2D eigenvalue weighted by Crippen LogP contribution is -2.47. The molecule has 2 amide bonds. The highest BCUT2D eigenvalue weighted by Gasteiger charge is 2.29. The van der Waals surface area contributed by atoms with Gasteiger partial charge in [-0.1, -0.05) is 35.9 Å². The molecule has 194 valence electrons. The van der Waals surface area contributed by atoms with E-state index in [2.05, 4.69) is 71.2 Å². The molecule has 37 heavy (non-hydrogen) atoms. The summed E-state index contributed by atoms with van der Waals surface area (Å²) in [6.07, 6.45) is 0.691. The number of fused-ring (bicyclic) bond motifs is 1. The predicted octanol–water partition coefficient (Wildman–Crippen LogP) is 4.89. The molecule has 0 aliphatic carbocycles. The van der Waals surface area contributed by atoms with Gasteiger partial charge in [0.2, 0.25) is 5.95 Å². The first-order chi connectivity index (χ1) is 17.9. The highest BCUT2D eigenvalue weighted by Crippen LogP contribution is 2.30. The quantitative estimate of drug-likeness (QED) is 0.517. The third-order valence-electron chi connectivity index (χ3n) is 7.18. The molecule has 2 aliphatic rings. The summed E-state index contributed by atoms with van der Waals surface area (Å²) in [6.45, 7) is 8.96. The van der Waals surface area contributed by atoms with Crippen LogP contribution in [0.25, 0.3) is 0 Å². The minimum absolute atomic E-state index is 0.146. The van der Waals surface area contributed by atoms with Gasteiger partial charge in [-0.25, -0.2) is 9.78 Å². The van der Waals surface area contributed by atoms with Gasteiger partial charge < -0.3 is 24.9 Å². The van der Waals surface area contributed by atoms with Crippen LogP contribution in [-0.4, -0.2) is 66.7 Å². The fourth-order valence-electron chi connectivity index (χ4n) is 4.81. The molecular formula is C28H34ClN7O. The number of halogens is 1. The van der Waals surface area contributed by atoms with E-state index in [4.69, 9.17) is 21.6 Å². The average Bonchev–Trinajstić information content (AvgIpc) is 2.92. The van der Waals surface area contributed by atoms with Gasteiger partial charge in [0.25, 0.3) is 0 Å². The first-order valence-corrected chi connectivity index (χ1v) is 13.3. The summed E-state index contributed by atoms with van der Waals surface area (Å²) in [6, 6.07) is 17.9. The zero-order valence-electron chi connectivity index (χ0n) is 21.7. The largest absolute Gasteiger partial charge is 0.368 e. The first kappa shape index (κ1) is 25.1. The molecule has 2 aliphatic heterocycles. The minimum Gasteiger partial charge on any atom is -0.368 e. The molecule has 0 spiro atoms. The normalized spacial score (nSPS) is 15.5.